The van der Waals surface area contributed by atoms with Crippen molar-refractivity contribution in [2.75, 3.05) is 0 Å². The fraction of sp³-hybridized carbons (Fsp3) is 0.214. The molecule has 0 saturated carbocycles. The van der Waals surface area contributed by atoms with E-state index in [1.807, 2.05) is 24.3 Å². The molecule has 1 heterocycles. The second-order valence-electron chi connectivity index (χ2n) is 4.34. The van der Waals surface area contributed by atoms with Crippen molar-refractivity contribution in [1.29, 1.82) is 0 Å². The predicted octanol–water partition coefficient (Wildman–Crippen LogP) is 4.15. The molecule has 0 aliphatic rings. The van der Waals surface area contributed by atoms with Gasteiger partial charge in [0, 0.05) is 28.5 Å². The quantitative estimate of drug-likeness (QED) is 0.920. The molecule has 2 rings (SSSR count). The van der Waals surface area contributed by atoms with Crippen LogP contribution in [0, 0.1) is 0 Å². The van der Waals surface area contributed by atoms with E-state index in [-0.39, 0.29) is 6.04 Å². The highest BCUT2D eigenvalue weighted by Gasteiger charge is 2.12. The molecule has 5 heteroatoms. The average molecular weight is 316 g/mol. The minimum Gasteiger partial charge on any atom is -0.327 e. The lowest BCUT2D eigenvalue weighted by Crippen LogP contribution is -2.26. The molecule has 0 aliphatic carbocycles. The third kappa shape index (κ3) is 3.83. The molecule has 2 aromatic rings. The summed E-state index contributed by atoms with van der Waals surface area (Å²) in [4.78, 5) is 3.95. The van der Waals surface area contributed by atoms with Crippen molar-refractivity contribution >= 4 is 34.8 Å². The Morgan fingerprint density at radius 1 is 1.00 bits per heavy atom. The summed E-state index contributed by atoms with van der Waals surface area (Å²) in [6, 6.07) is 7.22. The van der Waals surface area contributed by atoms with E-state index in [1.165, 1.54) is 0 Å². The Morgan fingerprint density at radius 3 is 2.32 bits per heavy atom. The van der Waals surface area contributed by atoms with Gasteiger partial charge in [-0.1, -0.05) is 40.9 Å². The molecular formula is C14H13Cl3N2. The summed E-state index contributed by atoms with van der Waals surface area (Å²) < 4.78 is 0. The lowest BCUT2D eigenvalue weighted by atomic mass is 10.0. The van der Waals surface area contributed by atoms with E-state index in [1.54, 1.807) is 12.4 Å². The molecule has 0 fully saturated rings. The summed E-state index contributed by atoms with van der Waals surface area (Å²) >= 11 is 18.3. The summed E-state index contributed by atoms with van der Waals surface area (Å²) in [5, 5.41) is 1.91. The van der Waals surface area contributed by atoms with Crippen molar-refractivity contribution in [1.82, 2.24) is 4.98 Å². The smallest absolute Gasteiger partial charge is 0.0621 e. The predicted molar refractivity (Wildman–Crippen MR) is 81.1 cm³/mol. The van der Waals surface area contributed by atoms with Gasteiger partial charge < -0.3 is 5.73 Å². The van der Waals surface area contributed by atoms with E-state index in [9.17, 15) is 0 Å². The zero-order valence-electron chi connectivity index (χ0n) is 10.1. The lowest BCUT2D eigenvalue weighted by Gasteiger charge is -2.14. The number of hydrogen-bond donors (Lipinski definition) is 1. The first-order valence-electron chi connectivity index (χ1n) is 5.84. The van der Waals surface area contributed by atoms with Gasteiger partial charge in [-0.25, -0.2) is 0 Å². The molecule has 0 spiro atoms. The fourth-order valence-electron chi connectivity index (χ4n) is 1.91. The van der Waals surface area contributed by atoms with E-state index in [2.05, 4.69) is 4.98 Å². The largest absolute Gasteiger partial charge is 0.327 e. The van der Waals surface area contributed by atoms with Gasteiger partial charge in [-0.05, 0) is 42.2 Å². The monoisotopic (exact) mass is 314 g/mol. The third-order valence-electron chi connectivity index (χ3n) is 2.87. The van der Waals surface area contributed by atoms with Gasteiger partial charge in [-0.2, -0.15) is 0 Å². The second kappa shape index (κ2) is 6.58. The fourth-order valence-corrected chi connectivity index (χ4v) is 2.66. The van der Waals surface area contributed by atoms with Crippen LogP contribution in [0.15, 0.2) is 36.7 Å². The Morgan fingerprint density at radius 2 is 1.68 bits per heavy atom. The molecule has 1 atom stereocenters. The third-order valence-corrected chi connectivity index (χ3v) is 3.92. The van der Waals surface area contributed by atoms with Crippen LogP contribution < -0.4 is 5.73 Å². The highest BCUT2D eigenvalue weighted by atomic mass is 35.5. The number of hydrogen-bond acceptors (Lipinski definition) is 2. The van der Waals surface area contributed by atoms with Crippen LogP contribution in [0.4, 0.5) is 0 Å². The molecule has 0 amide bonds. The van der Waals surface area contributed by atoms with E-state index >= 15 is 0 Å². The highest BCUT2D eigenvalue weighted by molar-refractivity contribution is 6.36. The molecule has 0 saturated heterocycles. The van der Waals surface area contributed by atoms with Gasteiger partial charge in [0.2, 0.25) is 0 Å². The summed E-state index contributed by atoms with van der Waals surface area (Å²) in [5.74, 6) is 0. The number of aromatic nitrogens is 1. The maximum absolute atomic E-state index is 6.15. The van der Waals surface area contributed by atoms with Crippen molar-refractivity contribution in [3.8, 4) is 0 Å². The van der Waals surface area contributed by atoms with Crippen LogP contribution in [0.5, 0.6) is 0 Å². The first-order chi connectivity index (χ1) is 9.08. The van der Waals surface area contributed by atoms with Gasteiger partial charge in [0.15, 0.2) is 0 Å². The van der Waals surface area contributed by atoms with Crippen molar-refractivity contribution < 1.29 is 0 Å². The Balaban J connectivity index is 2.10. The van der Waals surface area contributed by atoms with Crippen LogP contribution in [0.1, 0.15) is 11.1 Å². The van der Waals surface area contributed by atoms with E-state index in [4.69, 9.17) is 40.5 Å². The van der Waals surface area contributed by atoms with E-state index in [0.717, 1.165) is 11.1 Å². The molecule has 2 nitrogen and oxygen atoms in total. The van der Waals surface area contributed by atoms with Gasteiger partial charge in [0.25, 0.3) is 0 Å². The zero-order chi connectivity index (χ0) is 13.8. The summed E-state index contributed by atoms with van der Waals surface area (Å²) in [5.41, 5.74) is 8.01. The van der Waals surface area contributed by atoms with Gasteiger partial charge in [0.05, 0.1) is 5.02 Å². The molecular weight excluding hydrogens is 303 g/mol. The van der Waals surface area contributed by atoms with Crippen molar-refractivity contribution in [3.05, 3.63) is 62.9 Å². The van der Waals surface area contributed by atoms with Crippen LogP contribution in [-0.4, -0.2) is 11.0 Å². The Bertz CT molecular complexity index is 552. The average Bonchev–Trinajstić information content (AvgIpc) is 2.37. The van der Waals surface area contributed by atoms with Crippen molar-refractivity contribution in [3.63, 3.8) is 0 Å². The number of benzene rings is 1. The number of nitrogens with two attached hydrogens (primary N) is 1. The molecule has 100 valence electrons. The van der Waals surface area contributed by atoms with Gasteiger partial charge >= 0.3 is 0 Å². The Labute approximate surface area is 127 Å². The van der Waals surface area contributed by atoms with Crippen LogP contribution in [0.2, 0.25) is 15.1 Å². The zero-order valence-corrected chi connectivity index (χ0v) is 12.4. The normalized spacial score (nSPS) is 12.4. The van der Waals surface area contributed by atoms with E-state index in [0.29, 0.717) is 27.9 Å². The van der Waals surface area contributed by atoms with Crippen molar-refractivity contribution in [2.45, 2.75) is 18.9 Å². The van der Waals surface area contributed by atoms with Crippen LogP contribution in [-0.2, 0) is 12.8 Å². The SMILES string of the molecule is NC(Cc1ccncc1Cl)Cc1c(Cl)cccc1Cl. The minimum atomic E-state index is -0.0997. The van der Waals surface area contributed by atoms with Crippen molar-refractivity contribution in [2.24, 2.45) is 5.73 Å². The molecule has 1 aromatic heterocycles. The van der Waals surface area contributed by atoms with Crippen LogP contribution in [0.3, 0.4) is 0 Å². The lowest BCUT2D eigenvalue weighted by molar-refractivity contribution is 0.664. The first-order valence-corrected chi connectivity index (χ1v) is 6.98. The minimum absolute atomic E-state index is 0.0997. The van der Waals surface area contributed by atoms with Crippen LogP contribution >= 0.6 is 34.8 Å². The first kappa shape index (κ1) is 14.6. The molecule has 0 bridgehead atoms. The molecule has 19 heavy (non-hydrogen) atoms. The molecule has 0 radical (unpaired) electrons. The Kier molecular flexibility index (Phi) is 5.06. The molecule has 1 aromatic carbocycles. The van der Waals surface area contributed by atoms with Gasteiger partial charge in [-0.15, -0.1) is 0 Å². The summed E-state index contributed by atoms with van der Waals surface area (Å²) in [6.45, 7) is 0. The van der Waals surface area contributed by atoms with Gasteiger partial charge in [0.1, 0.15) is 0 Å². The summed E-state index contributed by atoms with van der Waals surface area (Å²) in [6.07, 6.45) is 4.59. The number of halogens is 3. The summed E-state index contributed by atoms with van der Waals surface area (Å²) in [7, 11) is 0. The molecule has 1 unspecified atom stereocenters. The number of nitrogens with zero attached hydrogens (tertiary/aromatic N) is 1. The molecule has 0 aliphatic heterocycles. The molecule has 2 N–H and O–H groups in total. The van der Waals surface area contributed by atoms with Crippen LogP contribution in [0.25, 0.3) is 0 Å². The number of pyridine rings is 1. The standard InChI is InChI=1S/C14H13Cl3N2/c15-12-2-1-3-13(16)11(12)7-10(18)6-9-4-5-19-8-14(9)17/h1-5,8,10H,6-7,18H2. The van der Waals surface area contributed by atoms with E-state index < -0.39 is 0 Å². The maximum Gasteiger partial charge on any atom is 0.0621 e. The number of rotatable bonds is 4. The Hall–Kier alpha value is -0.800. The maximum atomic E-state index is 6.15. The highest BCUT2D eigenvalue weighted by Crippen LogP contribution is 2.26. The second-order valence-corrected chi connectivity index (χ2v) is 5.56. The van der Waals surface area contributed by atoms with Gasteiger partial charge in [-0.3, -0.25) is 4.98 Å². The topological polar surface area (TPSA) is 38.9 Å².